The van der Waals surface area contributed by atoms with Gasteiger partial charge in [0.1, 0.15) is 11.6 Å². The summed E-state index contributed by atoms with van der Waals surface area (Å²) >= 11 is 0. The molecule has 162 valence electrons. The van der Waals surface area contributed by atoms with Crippen LogP contribution in [0.3, 0.4) is 0 Å². The smallest absolute Gasteiger partial charge is 0.123 e. The van der Waals surface area contributed by atoms with Crippen molar-refractivity contribution in [2.45, 2.75) is 37.2 Å². The van der Waals surface area contributed by atoms with Gasteiger partial charge in [0.15, 0.2) is 0 Å². The molecule has 30 heavy (non-hydrogen) atoms. The maximum Gasteiger partial charge on any atom is 0.123 e. The summed E-state index contributed by atoms with van der Waals surface area (Å²) in [5, 5.41) is 12.2. The number of likely N-dealkylation sites (N-methyl/N-ethyl adjacent to an activating group) is 1. The molecule has 3 atom stereocenters. The summed E-state index contributed by atoms with van der Waals surface area (Å²) in [5.41, 5.74) is 0.705. The fraction of sp³-hybridized carbons (Fsp3) is 0.520. The molecular formula is C25H33FN2O2. The molecule has 5 heteroatoms. The zero-order valence-electron chi connectivity index (χ0n) is 17.9. The van der Waals surface area contributed by atoms with Crippen molar-refractivity contribution in [3.8, 4) is 0 Å². The molecule has 0 radical (unpaired) electrons. The molecule has 1 aliphatic carbocycles. The Labute approximate surface area is 179 Å². The van der Waals surface area contributed by atoms with Crippen molar-refractivity contribution >= 4 is 0 Å². The molecule has 2 heterocycles. The van der Waals surface area contributed by atoms with Gasteiger partial charge < -0.3 is 19.3 Å². The number of furan rings is 1. The van der Waals surface area contributed by atoms with Crippen LogP contribution in [0, 0.1) is 11.7 Å². The molecule has 0 spiro atoms. The maximum atomic E-state index is 13.5. The van der Waals surface area contributed by atoms with Gasteiger partial charge in [-0.1, -0.05) is 25.1 Å². The fourth-order valence-corrected chi connectivity index (χ4v) is 5.10. The van der Waals surface area contributed by atoms with Crippen LogP contribution in [-0.2, 0) is 6.42 Å². The average Bonchev–Trinajstić information content (AvgIpc) is 3.24. The van der Waals surface area contributed by atoms with Gasteiger partial charge in [-0.15, -0.1) is 0 Å². The second-order valence-electron chi connectivity index (χ2n) is 9.05. The molecular weight excluding hydrogens is 379 g/mol. The van der Waals surface area contributed by atoms with Crippen LogP contribution in [-0.4, -0.2) is 60.3 Å². The second-order valence-corrected chi connectivity index (χ2v) is 9.05. The van der Waals surface area contributed by atoms with Crippen LogP contribution >= 0.6 is 0 Å². The second kappa shape index (κ2) is 9.04. The molecule has 1 N–H and O–H groups in total. The number of piperazine rings is 1. The average molecular weight is 413 g/mol. The molecule has 1 saturated carbocycles. The maximum absolute atomic E-state index is 13.5. The first kappa shape index (κ1) is 21.3. The highest BCUT2D eigenvalue weighted by atomic mass is 19.1. The first-order chi connectivity index (χ1) is 14.5. The van der Waals surface area contributed by atoms with Gasteiger partial charge in [0.2, 0.25) is 0 Å². The summed E-state index contributed by atoms with van der Waals surface area (Å²) in [7, 11) is 2.16. The SMILES string of the molecule is C=C1C(c2ccco2)CCCC(CN2CCN(C)CC2)C1(O)Cc1ccc(F)cc1. The molecule has 0 bridgehead atoms. The highest BCUT2D eigenvalue weighted by Crippen LogP contribution is 2.45. The molecule has 3 unspecified atom stereocenters. The summed E-state index contributed by atoms with van der Waals surface area (Å²) in [6, 6.07) is 10.4. The van der Waals surface area contributed by atoms with E-state index in [9.17, 15) is 9.50 Å². The Hall–Kier alpha value is -1.95. The molecule has 1 aromatic heterocycles. The number of benzene rings is 1. The normalized spacial score (nSPS) is 29.1. The van der Waals surface area contributed by atoms with Crippen LogP contribution in [0.5, 0.6) is 0 Å². The van der Waals surface area contributed by atoms with E-state index >= 15 is 0 Å². The Morgan fingerprint density at radius 2 is 1.87 bits per heavy atom. The number of hydrogen-bond donors (Lipinski definition) is 1. The Morgan fingerprint density at radius 1 is 1.13 bits per heavy atom. The highest BCUT2D eigenvalue weighted by Gasteiger charge is 2.45. The zero-order chi connectivity index (χ0) is 21.1. The Kier molecular flexibility index (Phi) is 6.42. The van der Waals surface area contributed by atoms with Gasteiger partial charge in [0.25, 0.3) is 0 Å². The van der Waals surface area contributed by atoms with Crippen LogP contribution in [0.4, 0.5) is 4.39 Å². The number of aliphatic hydroxyl groups is 1. The van der Waals surface area contributed by atoms with E-state index < -0.39 is 5.60 Å². The lowest BCUT2D eigenvalue weighted by molar-refractivity contribution is -0.00843. The van der Waals surface area contributed by atoms with E-state index in [4.69, 9.17) is 4.42 Å². The van der Waals surface area contributed by atoms with Gasteiger partial charge in [-0.25, -0.2) is 4.39 Å². The quantitative estimate of drug-likeness (QED) is 0.593. The summed E-state index contributed by atoms with van der Waals surface area (Å²) in [4.78, 5) is 4.82. The Morgan fingerprint density at radius 3 is 2.53 bits per heavy atom. The fourth-order valence-electron chi connectivity index (χ4n) is 5.10. The summed E-state index contributed by atoms with van der Waals surface area (Å²) in [5.74, 6) is 0.701. The van der Waals surface area contributed by atoms with Gasteiger partial charge in [-0.2, -0.15) is 0 Å². The van der Waals surface area contributed by atoms with E-state index in [1.807, 2.05) is 12.1 Å². The lowest BCUT2D eigenvalue weighted by atomic mass is 9.73. The monoisotopic (exact) mass is 412 g/mol. The molecule has 2 aliphatic rings. The van der Waals surface area contributed by atoms with Crippen molar-refractivity contribution in [1.82, 2.24) is 9.80 Å². The zero-order valence-corrected chi connectivity index (χ0v) is 17.9. The van der Waals surface area contributed by atoms with E-state index in [1.54, 1.807) is 18.4 Å². The van der Waals surface area contributed by atoms with Crippen LogP contribution in [0.1, 0.15) is 36.5 Å². The molecule has 4 nitrogen and oxygen atoms in total. The molecule has 0 amide bonds. The van der Waals surface area contributed by atoms with Gasteiger partial charge in [-0.05, 0) is 55.3 Å². The van der Waals surface area contributed by atoms with E-state index in [1.165, 1.54) is 12.1 Å². The minimum absolute atomic E-state index is 0.00272. The molecule has 2 aromatic rings. The first-order valence-corrected chi connectivity index (χ1v) is 11.1. The molecule has 1 saturated heterocycles. The van der Waals surface area contributed by atoms with Crippen molar-refractivity contribution in [2.24, 2.45) is 5.92 Å². The summed E-state index contributed by atoms with van der Waals surface area (Å²) in [6.45, 7) is 9.43. The Bertz CT molecular complexity index is 827. The number of halogens is 1. The molecule has 1 aliphatic heterocycles. The topological polar surface area (TPSA) is 39.9 Å². The third kappa shape index (κ3) is 4.53. The van der Waals surface area contributed by atoms with Crippen molar-refractivity contribution in [3.05, 3.63) is 72.0 Å². The third-order valence-corrected chi connectivity index (χ3v) is 7.05. The predicted molar refractivity (Wildman–Crippen MR) is 117 cm³/mol. The van der Waals surface area contributed by atoms with Gasteiger partial charge in [0.05, 0.1) is 11.9 Å². The van der Waals surface area contributed by atoms with E-state index in [0.29, 0.717) is 6.42 Å². The van der Waals surface area contributed by atoms with Crippen LogP contribution in [0.15, 0.2) is 59.2 Å². The predicted octanol–water partition coefficient (Wildman–Crippen LogP) is 4.08. The molecule has 4 rings (SSSR count). The largest absolute Gasteiger partial charge is 0.469 e. The lowest BCUT2D eigenvalue weighted by Crippen LogP contribution is -2.51. The standard InChI is InChI=1S/C25H33FN2O2/c1-19-23(24-7-4-16-30-24)6-3-5-21(18-28-14-12-27(2)13-15-28)25(19,29)17-20-8-10-22(26)11-9-20/h4,7-11,16,21,23,29H,1,3,5-6,12-15,17-18H2,2H3. The number of nitrogens with zero attached hydrogens (tertiary/aromatic N) is 2. The van der Waals surface area contributed by atoms with Crippen molar-refractivity contribution in [3.63, 3.8) is 0 Å². The van der Waals surface area contributed by atoms with E-state index in [-0.39, 0.29) is 17.7 Å². The summed E-state index contributed by atoms with van der Waals surface area (Å²) < 4.78 is 19.2. The minimum atomic E-state index is -1.06. The molecule has 1 aromatic carbocycles. The van der Waals surface area contributed by atoms with Crippen LogP contribution in [0.2, 0.25) is 0 Å². The number of rotatable bonds is 5. The lowest BCUT2D eigenvalue weighted by Gasteiger charge is -2.42. The highest BCUT2D eigenvalue weighted by molar-refractivity contribution is 5.33. The van der Waals surface area contributed by atoms with Crippen LogP contribution in [0.25, 0.3) is 0 Å². The van der Waals surface area contributed by atoms with E-state index in [0.717, 1.165) is 68.9 Å². The minimum Gasteiger partial charge on any atom is -0.469 e. The summed E-state index contributed by atoms with van der Waals surface area (Å²) in [6.07, 6.45) is 5.03. The van der Waals surface area contributed by atoms with Crippen molar-refractivity contribution < 1.29 is 13.9 Å². The van der Waals surface area contributed by atoms with E-state index in [2.05, 4.69) is 23.4 Å². The van der Waals surface area contributed by atoms with Gasteiger partial charge >= 0.3 is 0 Å². The number of hydrogen-bond acceptors (Lipinski definition) is 4. The first-order valence-electron chi connectivity index (χ1n) is 11.1. The van der Waals surface area contributed by atoms with Gasteiger partial charge in [0, 0.05) is 51.0 Å². The third-order valence-electron chi connectivity index (χ3n) is 7.05. The Balaban J connectivity index is 1.62. The van der Waals surface area contributed by atoms with Crippen molar-refractivity contribution in [1.29, 1.82) is 0 Å². The van der Waals surface area contributed by atoms with Crippen LogP contribution < -0.4 is 0 Å². The molecule has 2 fully saturated rings. The van der Waals surface area contributed by atoms with Crippen molar-refractivity contribution in [2.75, 3.05) is 39.8 Å². The van der Waals surface area contributed by atoms with Gasteiger partial charge in [-0.3, -0.25) is 0 Å².